The number of esters is 1. The summed E-state index contributed by atoms with van der Waals surface area (Å²) in [5, 5.41) is 32.6. The van der Waals surface area contributed by atoms with E-state index in [4.69, 9.17) is 14.2 Å². The van der Waals surface area contributed by atoms with Crippen molar-refractivity contribution >= 4 is 5.97 Å². The Hall–Kier alpha value is -1.51. The van der Waals surface area contributed by atoms with Crippen LogP contribution in [0.1, 0.15) is 209 Å². The second-order valence-corrected chi connectivity index (χ2v) is 21.8. The molecule has 5 aliphatic rings. The molecule has 0 aromatic heterocycles. The molecular formula is C55H94O7. The molecule has 5 rings (SSSR count). The summed E-state index contributed by atoms with van der Waals surface area (Å²) in [7, 11) is 0. The fourth-order valence-electron chi connectivity index (χ4n) is 13.4. The highest BCUT2D eigenvalue weighted by molar-refractivity contribution is 5.69. The van der Waals surface area contributed by atoms with Crippen molar-refractivity contribution in [3.8, 4) is 0 Å². The van der Waals surface area contributed by atoms with Gasteiger partial charge in [-0.05, 0) is 149 Å². The summed E-state index contributed by atoms with van der Waals surface area (Å²) in [6, 6.07) is 0. The summed E-state index contributed by atoms with van der Waals surface area (Å²) in [5.41, 5.74) is 2.12. The summed E-state index contributed by atoms with van der Waals surface area (Å²) in [4.78, 5) is 12.6. The lowest BCUT2D eigenvalue weighted by Gasteiger charge is -2.58. The Balaban J connectivity index is 0.998. The zero-order chi connectivity index (χ0) is 44.7. The summed E-state index contributed by atoms with van der Waals surface area (Å²) in [6.45, 7) is 17.0. The van der Waals surface area contributed by atoms with Gasteiger partial charge in [-0.1, -0.05) is 142 Å². The maximum absolute atomic E-state index is 12.6. The zero-order valence-electron chi connectivity index (χ0n) is 40.8. The predicted octanol–water partition coefficient (Wildman–Crippen LogP) is 13.0. The van der Waals surface area contributed by atoms with E-state index in [1.54, 1.807) is 0 Å². The average Bonchev–Trinajstić information content (AvgIpc) is 3.62. The van der Waals surface area contributed by atoms with Crippen molar-refractivity contribution in [2.45, 2.75) is 246 Å². The molecule has 0 aromatic rings. The Bertz CT molecular complexity index is 1410. The minimum atomic E-state index is -1.45. The van der Waals surface area contributed by atoms with Crippen LogP contribution < -0.4 is 0 Å². The quantitative estimate of drug-likeness (QED) is 0.0452. The average molecular weight is 867 g/mol. The molecule has 1 aliphatic heterocycles. The number of carbonyl (C=O) groups excluding carboxylic acids is 1. The monoisotopic (exact) mass is 867 g/mol. The van der Waals surface area contributed by atoms with Crippen molar-refractivity contribution < 1.29 is 34.3 Å². The minimum absolute atomic E-state index is 0.145. The van der Waals surface area contributed by atoms with Crippen LogP contribution in [0.2, 0.25) is 0 Å². The highest BCUT2D eigenvalue weighted by Crippen LogP contribution is 2.67. The van der Waals surface area contributed by atoms with Crippen LogP contribution in [0.3, 0.4) is 0 Å². The van der Waals surface area contributed by atoms with Crippen molar-refractivity contribution in [1.82, 2.24) is 0 Å². The Morgan fingerprint density at radius 1 is 0.806 bits per heavy atom. The third-order valence-electron chi connectivity index (χ3n) is 17.5. The summed E-state index contributed by atoms with van der Waals surface area (Å²) in [6.07, 6.45) is 34.1. The molecule has 0 amide bonds. The van der Waals surface area contributed by atoms with Crippen molar-refractivity contribution in [2.75, 3.05) is 6.61 Å². The maximum Gasteiger partial charge on any atom is 0.305 e. The Morgan fingerprint density at radius 2 is 1.50 bits per heavy atom. The lowest BCUT2D eigenvalue weighted by molar-refractivity contribution is -0.313. The first-order chi connectivity index (χ1) is 29.8. The van der Waals surface area contributed by atoms with Crippen molar-refractivity contribution in [3.05, 3.63) is 36.0 Å². The number of hydrogen-bond donors (Lipinski definition) is 3. The number of ether oxygens (including phenoxy) is 3. The van der Waals surface area contributed by atoms with Crippen LogP contribution in [0.15, 0.2) is 36.0 Å². The largest absolute Gasteiger partial charge is 0.463 e. The van der Waals surface area contributed by atoms with Crippen molar-refractivity contribution in [3.63, 3.8) is 0 Å². The van der Waals surface area contributed by atoms with Gasteiger partial charge in [-0.15, -0.1) is 0 Å². The van der Waals surface area contributed by atoms with Crippen LogP contribution in [-0.4, -0.2) is 64.7 Å². The number of aliphatic hydroxyl groups excluding tert-OH is 3. The molecule has 0 aromatic carbocycles. The summed E-state index contributed by atoms with van der Waals surface area (Å²) in [5.74, 6) is 5.21. The highest BCUT2D eigenvalue weighted by Gasteiger charge is 2.59. The molecule has 356 valence electrons. The van der Waals surface area contributed by atoms with Crippen LogP contribution in [0, 0.1) is 52.3 Å². The Kier molecular flexibility index (Phi) is 21.1. The zero-order valence-corrected chi connectivity index (χ0v) is 40.8. The molecule has 62 heavy (non-hydrogen) atoms. The van der Waals surface area contributed by atoms with Gasteiger partial charge in [-0.2, -0.15) is 0 Å². The smallest absolute Gasteiger partial charge is 0.305 e. The maximum atomic E-state index is 12.6. The predicted molar refractivity (Wildman–Crippen MR) is 253 cm³/mol. The van der Waals surface area contributed by atoms with Gasteiger partial charge in [0, 0.05) is 6.42 Å². The molecular weight excluding hydrogens is 773 g/mol. The number of carbonyl (C=O) groups is 1. The number of allylic oxidation sites excluding steroid dienone is 5. The molecule has 7 nitrogen and oxygen atoms in total. The van der Waals surface area contributed by atoms with E-state index in [1.165, 1.54) is 102 Å². The van der Waals surface area contributed by atoms with Gasteiger partial charge >= 0.3 is 5.97 Å². The molecule has 3 saturated carbocycles. The molecule has 4 aliphatic carbocycles. The molecule has 1 saturated heterocycles. The van der Waals surface area contributed by atoms with Gasteiger partial charge in [0.1, 0.15) is 31.0 Å². The van der Waals surface area contributed by atoms with E-state index in [9.17, 15) is 20.1 Å². The lowest BCUT2D eigenvalue weighted by Crippen LogP contribution is -2.60. The van der Waals surface area contributed by atoms with E-state index in [-0.39, 0.29) is 24.1 Å². The first-order valence-electron chi connectivity index (χ1n) is 26.3. The number of aliphatic hydroxyl groups is 3. The number of fused-ring (bicyclic) bond motifs is 5. The van der Waals surface area contributed by atoms with Gasteiger partial charge in [-0.25, -0.2) is 0 Å². The molecule has 7 heteroatoms. The van der Waals surface area contributed by atoms with Crippen LogP contribution in [0.25, 0.3) is 0 Å². The van der Waals surface area contributed by atoms with E-state index in [0.717, 1.165) is 93.3 Å². The van der Waals surface area contributed by atoms with Crippen molar-refractivity contribution in [1.29, 1.82) is 0 Å². The molecule has 3 unspecified atom stereocenters. The van der Waals surface area contributed by atoms with Crippen LogP contribution in [-0.2, 0) is 19.0 Å². The number of rotatable bonds is 26. The van der Waals surface area contributed by atoms with Gasteiger partial charge in [-0.3, -0.25) is 4.79 Å². The van der Waals surface area contributed by atoms with Gasteiger partial charge in [0.05, 0.1) is 6.10 Å². The van der Waals surface area contributed by atoms with Gasteiger partial charge < -0.3 is 29.5 Å². The van der Waals surface area contributed by atoms with Gasteiger partial charge in [0.2, 0.25) is 0 Å². The first-order valence-corrected chi connectivity index (χ1v) is 26.3. The van der Waals surface area contributed by atoms with Crippen molar-refractivity contribution in [2.24, 2.45) is 52.3 Å². The molecule has 0 bridgehead atoms. The molecule has 0 spiro atoms. The number of unbranched alkanes of at least 4 members (excludes halogenated alkanes) is 10. The van der Waals surface area contributed by atoms with Crippen LogP contribution in [0.4, 0.5) is 0 Å². The normalized spacial score (nSPS) is 35.8. The van der Waals surface area contributed by atoms with E-state index < -0.39 is 30.7 Å². The molecule has 14 atom stereocenters. The molecule has 1 heterocycles. The first kappa shape index (κ1) is 51.5. The molecule has 4 fully saturated rings. The summed E-state index contributed by atoms with van der Waals surface area (Å²) >= 11 is 0. The molecule has 0 radical (unpaired) electrons. The SMILES string of the molecule is CCCCC/C=C\C/C=C\CCCCCCCCCC(=O)OCC1O[C@@H](O[C@H]2CC[C@@]3(C)C(=CC[C@H]4[C@@H]5CC[C@H]([C@H](C)CC[C@@H](CC)C(C)C)[C@@]5(C)CC[C@@H]43)C2)C(O)C(O)[C@@H]1O. The lowest BCUT2D eigenvalue weighted by atomic mass is 9.47. The summed E-state index contributed by atoms with van der Waals surface area (Å²) < 4.78 is 18.1. The Labute approximate surface area is 379 Å². The highest BCUT2D eigenvalue weighted by atomic mass is 16.7. The third-order valence-corrected chi connectivity index (χ3v) is 17.5. The van der Waals surface area contributed by atoms with Gasteiger partial charge in [0.15, 0.2) is 6.29 Å². The van der Waals surface area contributed by atoms with Gasteiger partial charge in [0.25, 0.3) is 0 Å². The van der Waals surface area contributed by atoms with E-state index >= 15 is 0 Å². The van der Waals surface area contributed by atoms with E-state index in [0.29, 0.717) is 17.8 Å². The van der Waals surface area contributed by atoms with E-state index in [1.807, 2.05) is 0 Å². The number of hydrogen-bond acceptors (Lipinski definition) is 7. The third kappa shape index (κ3) is 13.5. The van der Waals surface area contributed by atoms with Crippen LogP contribution >= 0.6 is 0 Å². The minimum Gasteiger partial charge on any atom is -0.463 e. The topological polar surface area (TPSA) is 105 Å². The standard InChI is InChI=1S/C55H94O7/c1-8-10-11-12-13-14-15-16-17-18-19-20-21-22-23-24-25-26-49(56)60-38-48-50(57)51(58)52(59)53(62-48)61-43-33-35-54(6)42(37-43)29-30-44-46-32-31-45(55(46,7)36-34-47(44)54)40(5)27-28-41(9-2)39(3)4/h13-14,16-17,29,39-41,43-48,50-53,57-59H,8-12,15,18-28,30-38H2,1-7H3/b14-13-,17-16-/t40-,41-,43+,44+,45-,46+,47+,48?,50-,51?,52?,53-,54+,55-/m1/s1. The fraction of sp³-hybridized carbons (Fsp3) is 0.873. The van der Waals surface area contributed by atoms with Crippen LogP contribution in [0.5, 0.6) is 0 Å². The molecule has 3 N–H and O–H groups in total. The van der Waals surface area contributed by atoms with E-state index in [2.05, 4.69) is 78.8 Å². The Morgan fingerprint density at radius 3 is 2.19 bits per heavy atom. The fourth-order valence-corrected chi connectivity index (χ4v) is 13.4. The second kappa shape index (κ2) is 25.4. The second-order valence-electron chi connectivity index (χ2n) is 21.8.